The van der Waals surface area contributed by atoms with Gasteiger partial charge in [0.25, 0.3) is 0 Å². The van der Waals surface area contributed by atoms with Crippen molar-refractivity contribution in [3.05, 3.63) is 115 Å². The summed E-state index contributed by atoms with van der Waals surface area (Å²) in [5.74, 6) is 3.01. The van der Waals surface area contributed by atoms with Crippen LogP contribution >= 0.6 is 0 Å². The largest absolute Gasteiger partial charge is 0.496 e. The van der Waals surface area contributed by atoms with E-state index in [2.05, 4.69) is 145 Å². The van der Waals surface area contributed by atoms with Gasteiger partial charge in [0.2, 0.25) is 0 Å². The number of ether oxygens (including phenoxy) is 5. The van der Waals surface area contributed by atoms with E-state index in [9.17, 15) is 4.79 Å². The van der Waals surface area contributed by atoms with Crippen LogP contribution in [0.25, 0.3) is 0 Å². The Balaban J connectivity index is 2.01. The normalized spacial score (nSPS) is 13.4. The molecule has 0 aliphatic heterocycles. The Morgan fingerprint density at radius 1 is 0.443 bits per heavy atom. The summed E-state index contributed by atoms with van der Waals surface area (Å²) in [4.78, 5) is 12.9. The first-order valence-corrected chi connectivity index (χ1v) is 22.6. The summed E-state index contributed by atoms with van der Waals surface area (Å²) in [5.41, 5.74) is 13.1. The van der Waals surface area contributed by atoms with Crippen molar-refractivity contribution in [1.29, 1.82) is 0 Å². The molecule has 8 bridgehead atoms. The molecule has 332 valence electrons. The number of carbonyl (C=O) groups excluding carboxylic acids is 1. The van der Waals surface area contributed by atoms with Gasteiger partial charge in [0.15, 0.2) is 6.61 Å². The molecule has 0 radical (unpaired) electrons. The zero-order chi connectivity index (χ0) is 45.1. The Morgan fingerprint density at radius 2 is 0.738 bits per heavy atom. The van der Waals surface area contributed by atoms with Crippen LogP contribution in [-0.4, -0.2) is 40.0 Å². The Labute approximate surface area is 369 Å². The monoisotopic (exact) mass is 833 g/mol. The van der Waals surface area contributed by atoms with E-state index in [-0.39, 0.29) is 28.3 Å². The van der Waals surface area contributed by atoms with E-state index >= 15 is 0 Å². The molecule has 61 heavy (non-hydrogen) atoms. The maximum Gasteiger partial charge on any atom is 0.343 e. The Hall–Kier alpha value is -4.45. The predicted octanol–water partition coefficient (Wildman–Crippen LogP) is 13.1. The van der Waals surface area contributed by atoms with Crippen molar-refractivity contribution >= 4 is 5.97 Å². The molecule has 0 atom stereocenters. The topological polar surface area (TPSA) is 63.2 Å². The van der Waals surface area contributed by atoms with Crippen LogP contribution in [0.5, 0.6) is 23.0 Å². The molecule has 6 heteroatoms. The first-order chi connectivity index (χ1) is 28.5. The molecule has 0 heterocycles. The smallest absolute Gasteiger partial charge is 0.343 e. The fraction of sp³-hybridized carbons (Fsp3) is 0.545. The van der Waals surface area contributed by atoms with Crippen LogP contribution in [0.2, 0.25) is 0 Å². The van der Waals surface area contributed by atoms with Gasteiger partial charge in [0.05, 0.1) is 27.4 Å². The number of methoxy groups -OCH3 is 2. The van der Waals surface area contributed by atoms with Gasteiger partial charge >= 0.3 is 5.97 Å². The van der Waals surface area contributed by atoms with Crippen molar-refractivity contribution in [2.75, 3.05) is 34.0 Å². The van der Waals surface area contributed by atoms with Crippen molar-refractivity contribution < 1.29 is 28.5 Å². The molecule has 0 unspecified atom stereocenters. The molecule has 0 saturated carbocycles. The van der Waals surface area contributed by atoms with Crippen LogP contribution < -0.4 is 18.9 Å². The summed E-state index contributed by atoms with van der Waals surface area (Å²) in [6, 6.07) is 18.7. The van der Waals surface area contributed by atoms with Gasteiger partial charge in [-0.3, -0.25) is 0 Å². The van der Waals surface area contributed by atoms with E-state index < -0.39 is 5.97 Å². The molecule has 0 fully saturated rings. The molecule has 4 aromatic rings. The summed E-state index contributed by atoms with van der Waals surface area (Å²) >= 11 is 0. The molecule has 4 aromatic carbocycles. The van der Waals surface area contributed by atoms with Gasteiger partial charge in [0.1, 0.15) is 23.0 Å². The van der Waals surface area contributed by atoms with Crippen molar-refractivity contribution in [1.82, 2.24) is 0 Å². The zero-order valence-corrected chi connectivity index (χ0v) is 40.6. The van der Waals surface area contributed by atoms with Gasteiger partial charge < -0.3 is 23.7 Å². The molecule has 5 rings (SSSR count). The number of hydrogen-bond donors (Lipinski definition) is 0. The Bertz CT molecular complexity index is 2180. The maximum absolute atomic E-state index is 12.9. The summed E-state index contributed by atoms with van der Waals surface area (Å²) in [5, 5.41) is 0. The SMILES string of the molecule is CCCCOc1c2cc(C(C)(C)C)cc1Cc1cc(C(C)(C)C)cc(c1OCC(=O)OC)Cc1cc(C(C)(C)C)cc(c1OCCC)Cc1cc(C(C)(C)C)cc(c1OC)C2. The van der Waals surface area contributed by atoms with Crippen LogP contribution in [0.15, 0.2) is 48.5 Å². The van der Waals surface area contributed by atoms with Gasteiger partial charge in [-0.1, -0.05) is 152 Å². The minimum absolute atomic E-state index is 0.108. The van der Waals surface area contributed by atoms with E-state index in [1.165, 1.54) is 29.4 Å². The molecule has 1 aliphatic carbocycles. The van der Waals surface area contributed by atoms with Crippen LogP contribution in [0.3, 0.4) is 0 Å². The fourth-order valence-corrected chi connectivity index (χ4v) is 8.15. The van der Waals surface area contributed by atoms with Crippen LogP contribution in [0.4, 0.5) is 0 Å². The molecular formula is C55H76O6. The highest BCUT2D eigenvalue weighted by Crippen LogP contribution is 2.44. The van der Waals surface area contributed by atoms with Gasteiger partial charge in [-0.15, -0.1) is 0 Å². The van der Waals surface area contributed by atoms with Gasteiger partial charge in [-0.25, -0.2) is 4.79 Å². The minimum Gasteiger partial charge on any atom is -0.496 e. The maximum atomic E-state index is 12.9. The first-order valence-electron chi connectivity index (χ1n) is 22.6. The highest BCUT2D eigenvalue weighted by Gasteiger charge is 2.29. The molecule has 0 N–H and O–H groups in total. The number of hydrogen-bond acceptors (Lipinski definition) is 6. The molecule has 0 amide bonds. The van der Waals surface area contributed by atoms with Crippen molar-refractivity contribution in [2.45, 2.75) is 164 Å². The molecule has 0 spiro atoms. The van der Waals surface area contributed by atoms with Gasteiger partial charge in [-0.05, 0) is 101 Å². The zero-order valence-electron chi connectivity index (χ0n) is 40.6. The second-order valence-electron chi connectivity index (χ2n) is 21.3. The third-order valence-electron chi connectivity index (χ3n) is 11.9. The van der Waals surface area contributed by atoms with Gasteiger partial charge in [-0.2, -0.15) is 0 Å². The minimum atomic E-state index is -0.423. The lowest BCUT2D eigenvalue weighted by atomic mass is 9.79. The van der Waals surface area contributed by atoms with E-state index in [1.54, 1.807) is 0 Å². The Morgan fingerprint density at radius 3 is 1.00 bits per heavy atom. The third kappa shape index (κ3) is 11.5. The lowest BCUT2D eigenvalue weighted by Crippen LogP contribution is -2.19. The number of carbonyl (C=O) groups is 1. The highest BCUT2D eigenvalue weighted by molar-refractivity contribution is 5.71. The summed E-state index contributed by atoms with van der Waals surface area (Å²) in [6.07, 6.45) is 5.19. The van der Waals surface area contributed by atoms with Crippen molar-refractivity contribution in [2.24, 2.45) is 0 Å². The fourth-order valence-electron chi connectivity index (χ4n) is 8.15. The summed E-state index contributed by atoms with van der Waals surface area (Å²) < 4.78 is 32.1. The number of unbranched alkanes of at least 4 members (excludes halogenated alkanes) is 1. The number of benzene rings is 4. The van der Waals surface area contributed by atoms with E-state index in [4.69, 9.17) is 23.7 Å². The molecule has 6 nitrogen and oxygen atoms in total. The van der Waals surface area contributed by atoms with E-state index in [0.717, 1.165) is 81.0 Å². The molecule has 0 aromatic heterocycles. The molecule has 1 aliphatic rings. The average Bonchev–Trinajstić information content (AvgIpc) is 3.15. The van der Waals surface area contributed by atoms with Crippen LogP contribution in [-0.2, 0) is 56.9 Å². The predicted molar refractivity (Wildman–Crippen MR) is 252 cm³/mol. The quantitative estimate of drug-likeness (QED) is 0.0976. The van der Waals surface area contributed by atoms with Crippen molar-refractivity contribution in [3.63, 3.8) is 0 Å². The second kappa shape index (κ2) is 18.9. The number of fused-ring (bicyclic) bond motifs is 8. The molecule has 0 saturated heterocycles. The van der Waals surface area contributed by atoms with Crippen LogP contribution in [0, 0.1) is 0 Å². The summed E-state index contributed by atoms with van der Waals surface area (Å²) in [6.45, 7) is 32.7. The second-order valence-corrected chi connectivity index (χ2v) is 21.3. The molecular weight excluding hydrogens is 757 g/mol. The lowest BCUT2D eigenvalue weighted by molar-refractivity contribution is -0.142. The van der Waals surface area contributed by atoms with Crippen molar-refractivity contribution in [3.8, 4) is 23.0 Å². The Kier molecular flexibility index (Phi) is 14.7. The summed E-state index contributed by atoms with van der Waals surface area (Å²) in [7, 11) is 3.22. The first kappa shape index (κ1) is 47.6. The van der Waals surface area contributed by atoms with Crippen LogP contribution in [0.1, 0.15) is 183 Å². The van der Waals surface area contributed by atoms with E-state index in [0.29, 0.717) is 44.6 Å². The third-order valence-corrected chi connectivity index (χ3v) is 11.9. The van der Waals surface area contributed by atoms with Gasteiger partial charge in [0, 0.05) is 25.7 Å². The number of esters is 1. The standard InChI is InChI=1S/C55H76O6/c1-17-19-21-60-50-38-23-36-27-43(52(3,4)5)26-35(48(36)58-16)22-37-28-44(53(6,7)8)30-39(49(37)59-20-18-2)24-41-32-46(55(12,13)14)33-42(51(41)61-34-47(56)57-15)25-40(50)31-45(29-38)54(9,10)11/h26-33H,17-25,34H2,1-16H3. The highest BCUT2D eigenvalue weighted by atomic mass is 16.6. The van der Waals surface area contributed by atoms with E-state index in [1.807, 2.05) is 7.11 Å². The lowest BCUT2D eigenvalue weighted by Gasteiger charge is -2.29. The number of rotatable bonds is 11. The average molecular weight is 833 g/mol.